The molecule has 0 saturated carbocycles. The largest absolute Gasteiger partial charge is 0.373 e. The number of carbonyl (C=O) groups is 1. The smallest absolute Gasteiger partial charge is 0.247 e. The minimum Gasteiger partial charge on any atom is -0.373 e. The zero-order valence-electron chi connectivity index (χ0n) is 11.1. The lowest BCUT2D eigenvalue weighted by atomic mass is 10.1. The first-order valence-corrected chi connectivity index (χ1v) is 7.34. The summed E-state index contributed by atoms with van der Waals surface area (Å²) in [6.07, 6.45) is 0.731. The van der Waals surface area contributed by atoms with Crippen molar-refractivity contribution in [3.8, 4) is 0 Å². The number of rotatable bonds is 2. The fraction of sp³-hybridized carbons (Fsp3) is 0.188. The second kappa shape index (κ2) is 5.29. The molecule has 0 fully saturated rings. The van der Waals surface area contributed by atoms with Gasteiger partial charge in [0.15, 0.2) is 0 Å². The first-order chi connectivity index (χ1) is 9.63. The summed E-state index contributed by atoms with van der Waals surface area (Å²) in [6.45, 7) is 2.02. The summed E-state index contributed by atoms with van der Waals surface area (Å²) in [7, 11) is 0. The van der Waals surface area contributed by atoms with Crippen molar-refractivity contribution in [2.75, 3.05) is 10.6 Å². The molecule has 1 atom stereocenters. The number of nitrogens with one attached hydrogen (secondary N) is 2. The number of hydrogen-bond donors (Lipinski definition) is 2. The van der Waals surface area contributed by atoms with Crippen molar-refractivity contribution >= 4 is 33.2 Å². The lowest BCUT2D eigenvalue weighted by Gasteiger charge is -2.12. The molecule has 3 rings (SSSR count). The third kappa shape index (κ3) is 2.56. The van der Waals surface area contributed by atoms with Crippen molar-refractivity contribution in [3.63, 3.8) is 0 Å². The average Bonchev–Trinajstić information content (AvgIpc) is 2.87. The first-order valence-electron chi connectivity index (χ1n) is 6.55. The molecule has 1 heterocycles. The number of aryl methyl sites for hydroxylation is 1. The molecular formula is C16H15BrN2O. The van der Waals surface area contributed by atoms with Gasteiger partial charge in [-0.3, -0.25) is 4.79 Å². The molecule has 102 valence electrons. The summed E-state index contributed by atoms with van der Waals surface area (Å²) < 4.78 is 0.998. The van der Waals surface area contributed by atoms with E-state index in [9.17, 15) is 4.79 Å². The van der Waals surface area contributed by atoms with Crippen LogP contribution in [-0.2, 0) is 11.2 Å². The topological polar surface area (TPSA) is 41.1 Å². The van der Waals surface area contributed by atoms with Gasteiger partial charge in [0.1, 0.15) is 6.04 Å². The van der Waals surface area contributed by atoms with Gasteiger partial charge in [0.2, 0.25) is 5.91 Å². The van der Waals surface area contributed by atoms with Gasteiger partial charge in [-0.1, -0.05) is 40.2 Å². The Morgan fingerprint density at radius 3 is 2.85 bits per heavy atom. The van der Waals surface area contributed by atoms with Crippen molar-refractivity contribution in [1.29, 1.82) is 0 Å². The quantitative estimate of drug-likeness (QED) is 0.880. The van der Waals surface area contributed by atoms with Gasteiger partial charge >= 0.3 is 0 Å². The van der Waals surface area contributed by atoms with Gasteiger partial charge in [-0.15, -0.1) is 0 Å². The van der Waals surface area contributed by atoms with Crippen LogP contribution in [0.25, 0.3) is 0 Å². The van der Waals surface area contributed by atoms with Crippen LogP contribution < -0.4 is 10.6 Å². The number of benzene rings is 2. The highest BCUT2D eigenvalue weighted by Crippen LogP contribution is 2.26. The van der Waals surface area contributed by atoms with Crippen LogP contribution in [0.3, 0.4) is 0 Å². The zero-order chi connectivity index (χ0) is 14.1. The molecule has 20 heavy (non-hydrogen) atoms. The molecule has 0 aromatic heterocycles. The maximum absolute atomic E-state index is 12.3. The van der Waals surface area contributed by atoms with Gasteiger partial charge in [-0.2, -0.15) is 0 Å². The van der Waals surface area contributed by atoms with Crippen LogP contribution in [0.5, 0.6) is 0 Å². The highest BCUT2D eigenvalue weighted by atomic mass is 79.9. The lowest BCUT2D eigenvalue weighted by molar-refractivity contribution is -0.116. The minimum absolute atomic E-state index is 0.00282. The Morgan fingerprint density at radius 2 is 2.10 bits per heavy atom. The molecule has 1 amide bonds. The van der Waals surface area contributed by atoms with Crippen LogP contribution in [0.4, 0.5) is 11.4 Å². The number of hydrogen-bond acceptors (Lipinski definition) is 2. The Balaban J connectivity index is 1.71. The Hall–Kier alpha value is -1.81. The maximum Gasteiger partial charge on any atom is 0.247 e. The third-order valence-electron chi connectivity index (χ3n) is 3.53. The first kappa shape index (κ1) is 13.2. The van der Waals surface area contributed by atoms with Crippen molar-refractivity contribution in [2.24, 2.45) is 0 Å². The molecule has 0 radical (unpaired) electrons. The molecular weight excluding hydrogens is 316 g/mol. The molecule has 3 nitrogen and oxygen atoms in total. The predicted octanol–water partition coefficient (Wildman–Crippen LogP) is 3.73. The second-order valence-electron chi connectivity index (χ2n) is 5.01. The normalized spacial score (nSPS) is 16.4. The molecule has 2 aromatic rings. The number of halogens is 1. The van der Waals surface area contributed by atoms with E-state index in [0.717, 1.165) is 27.8 Å². The molecule has 0 bridgehead atoms. The fourth-order valence-corrected chi connectivity index (χ4v) is 2.73. The SMILES string of the molecule is Cc1ccc(NC(=O)C2Cc3ccccc3N2)cc1Br. The van der Waals surface area contributed by atoms with Gasteiger partial charge in [0, 0.05) is 22.3 Å². The molecule has 0 spiro atoms. The molecule has 2 N–H and O–H groups in total. The molecule has 1 aliphatic heterocycles. The summed E-state index contributed by atoms with van der Waals surface area (Å²) in [5, 5.41) is 6.21. The summed E-state index contributed by atoms with van der Waals surface area (Å²) in [5.41, 5.74) is 4.20. The van der Waals surface area contributed by atoms with Gasteiger partial charge in [0.05, 0.1) is 0 Å². The lowest BCUT2D eigenvalue weighted by Crippen LogP contribution is -2.32. The number of para-hydroxylation sites is 1. The van der Waals surface area contributed by atoms with Crippen molar-refractivity contribution in [2.45, 2.75) is 19.4 Å². The van der Waals surface area contributed by atoms with E-state index < -0.39 is 0 Å². The summed E-state index contributed by atoms with van der Waals surface area (Å²) in [6, 6.07) is 13.7. The van der Waals surface area contributed by atoms with Gasteiger partial charge in [-0.05, 0) is 36.2 Å². The van der Waals surface area contributed by atoms with Crippen LogP contribution in [0, 0.1) is 6.92 Å². The standard InChI is InChI=1S/C16H15BrN2O/c1-10-6-7-12(9-13(10)17)18-16(20)15-8-11-4-2-3-5-14(11)19-15/h2-7,9,15,19H,8H2,1H3,(H,18,20). The van der Waals surface area contributed by atoms with Crippen molar-refractivity contribution in [1.82, 2.24) is 0 Å². The van der Waals surface area contributed by atoms with E-state index in [1.54, 1.807) is 0 Å². The maximum atomic E-state index is 12.3. The number of amides is 1. The van der Waals surface area contributed by atoms with E-state index in [1.165, 1.54) is 5.56 Å². The summed E-state index contributed by atoms with van der Waals surface area (Å²) in [4.78, 5) is 12.3. The Bertz CT molecular complexity index is 644. The van der Waals surface area contributed by atoms with E-state index in [2.05, 4.69) is 32.6 Å². The fourth-order valence-electron chi connectivity index (χ4n) is 2.36. The Morgan fingerprint density at radius 1 is 1.30 bits per heavy atom. The van der Waals surface area contributed by atoms with Crippen LogP contribution in [0.15, 0.2) is 46.9 Å². The van der Waals surface area contributed by atoms with E-state index >= 15 is 0 Å². The number of fused-ring (bicyclic) bond motifs is 1. The van der Waals surface area contributed by atoms with E-state index in [4.69, 9.17) is 0 Å². The predicted molar refractivity (Wildman–Crippen MR) is 85.1 cm³/mol. The molecule has 1 aliphatic rings. The van der Waals surface area contributed by atoms with Gasteiger partial charge in [-0.25, -0.2) is 0 Å². The van der Waals surface area contributed by atoms with Crippen molar-refractivity contribution < 1.29 is 4.79 Å². The monoisotopic (exact) mass is 330 g/mol. The third-order valence-corrected chi connectivity index (χ3v) is 4.38. The zero-order valence-corrected chi connectivity index (χ0v) is 12.7. The average molecular weight is 331 g/mol. The van der Waals surface area contributed by atoms with E-state index in [0.29, 0.717) is 0 Å². The molecule has 1 unspecified atom stereocenters. The second-order valence-corrected chi connectivity index (χ2v) is 5.87. The Kier molecular flexibility index (Phi) is 3.49. The van der Waals surface area contributed by atoms with Gasteiger partial charge in [0.25, 0.3) is 0 Å². The number of anilines is 2. The van der Waals surface area contributed by atoms with Crippen LogP contribution in [-0.4, -0.2) is 11.9 Å². The van der Waals surface area contributed by atoms with Crippen LogP contribution in [0.1, 0.15) is 11.1 Å². The van der Waals surface area contributed by atoms with E-state index in [-0.39, 0.29) is 11.9 Å². The summed E-state index contributed by atoms with van der Waals surface area (Å²) >= 11 is 3.48. The highest BCUT2D eigenvalue weighted by Gasteiger charge is 2.26. The summed E-state index contributed by atoms with van der Waals surface area (Å²) in [5.74, 6) is -0.00282. The van der Waals surface area contributed by atoms with Crippen molar-refractivity contribution in [3.05, 3.63) is 58.1 Å². The van der Waals surface area contributed by atoms with Crippen LogP contribution in [0.2, 0.25) is 0 Å². The minimum atomic E-state index is -0.201. The van der Waals surface area contributed by atoms with Gasteiger partial charge < -0.3 is 10.6 Å². The van der Waals surface area contributed by atoms with E-state index in [1.807, 2.05) is 43.3 Å². The number of carbonyl (C=O) groups excluding carboxylic acids is 1. The molecule has 2 aromatic carbocycles. The molecule has 0 saturated heterocycles. The molecule has 0 aliphatic carbocycles. The van der Waals surface area contributed by atoms with Crippen LogP contribution >= 0.6 is 15.9 Å². The molecule has 4 heteroatoms. The highest BCUT2D eigenvalue weighted by molar-refractivity contribution is 9.10. The Labute approximate surface area is 126 Å².